The lowest BCUT2D eigenvalue weighted by Crippen LogP contribution is -2.03. The van der Waals surface area contributed by atoms with E-state index in [-0.39, 0.29) is 18.4 Å². The number of aliphatic hydroxyl groups is 1. The minimum Gasteiger partial charge on any atom is -0.396 e. The highest BCUT2D eigenvalue weighted by molar-refractivity contribution is 5.17. The van der Waals surface area contributed by atoms with Crippen LogP contribution in [0.3, 0.4) is 0 Å². The molecule has 1 N–H and O–H groups in total. The van der Waals surface area contributed by atoms with Crippen molar-refractivity contribution in [1.82, 2.24) is 0 Å². The fourth-order valence-electron chi connectivity index (χ4n) is 0.774. The first-order valence-electron chi connectivity index (χ1n) is 2.97. The zero-order valence-electron chi connectivity index (χ0n) is 5.05. The van der Waals surface area contributed by atoms with Crippen molar-refractivity contribution in [2.45, 2.75) is 6.42 Å². The molecular formula is C7H9FO. The lowest BCUT2D eigenvalue weighted by atomic mass is 10.0. The van der Waals surface area contributed by atoms with E-state index in [0.29, 0.717) is 6.42 Å². The van der Waals surface area contributed by atoms with Crippen LogP contribution in [0.1, 0.15) is 6.42 Å². The van der Waals surface area contributed by atoms with Crippen molar-refractivity contribution in [2.24, 2.45) is 5.92 Å². The lowest BCUT2D eigenvalue weighted by Gasteiger charge is -2.08. The maximum absolute atomic E-state index is 12.2. The van der Waals surface area contributed by atoms with Gasteiger partial charge >= 0.3 is 0 Å². The molecule has 0 heterocycles. The maximum Gasteiger partial charge on any atom is 0.118 e. The number of allylic oxidation sites excluding steroid dienone is 3. The summed E-state index contributed by atoms with van der Waals surface area (Å²) >= 11 is 0. The second-order valence-electron chi connectivity index (χ2n) is 2.13. The first kappa shape index (κ1) is 6.49. The molecule has 0 aliphatic heterocycles. The zero-order chi connectivity index (χ0) is 6.69. The summed E-state index contributed by atoms with van der Waals surface area (Å²) in [6.45, 7) is 0.111. The van der Waals surface area contributed by atoms with Gasteiger partial charge in [0.25, 0.3) is 0 Å². The fourth-order valence-corrected chi connectivity index (χ4v) is 0.774. The summed E-state index contributed by atoms with van der Waals surface area (Å²) in [4.78, 5) is 0. The highest BCUT2D eigenvalue weighted by Crippen LogP contribution is 2.15. The van der Waals surface area contributed by atoms with E-state index in [1.807, 2.05) is 0 Å². The van der Waals surface area contributed by atoms with Gasteiger partial charge in [0.05, 0.1) is 0 Å². The number of hydrogen-bond donors (Lipinski definition) is 1. The summed E-state index contributed by atoms with van der Waals surface area (Å²) in [6.07, 6.45) is 5.19. The molecule has 0 saturated carbocycles. The minimum absolute atomic E-state index is 0.111. The van der Waals surface area contributed by atoms with Crippen LogP contribution in [0.5, 0.6) is 0 Å². The van der Waals surface area contributed by atoms with Crippen LogP contribution in [0.15, 0.2) is 24.1 Å². The van der Waals surface area contributed by atoms with E-state index < -0.39 is 0 Å². The van der Waals surface area contributed by atoms with Crippen molar-refractivity contribution in [3.05, 3.63) is 24.1 Å². The molecule has 1 nitrogen and oxygen atoms in total. The lowest BCUT2D eigenvalue weighted by molar-refractivity contribution is 0.252. The zero-order valence-corrected chi connectivity index (χ0v) is 5.05. The third kappa shape index (κ3) is 1.64. The van der Waals surface area contributed by atoms with Gasteiger partial charge in [-0.05, 0) is 18.6 Å². The van der Waals surface area contributed by atoms with Crippen molar-refractivity contribution in [1.29, 1.82) is 0 Å². The Morgan fingerprint density at radius 3 is 3.00 bits per heavy atom. The van der Waals surface area contributed by atoms with Crippen LogP contribution in [0.4, 0.5) is 4.39 Å². The van der Waals surface area contributed by atoms with Crippen LogP contribution in [0.2, 0.25) is 0 Å². The number of rotatable bonds is 1. The molecule has 0 aromatic heterocycles. The number of hydrogen-bond acceptors (Lipinski definition) is 1. The van der Waals surface area contributed by atoms with Gasteiger partial charge in [-0.3, -0.25) is 0 Å². The number of aliphatic hydroxyl groups excluding tert-OH is 1. The van der Waals surface area contributed by atoms with Gasteiger partial charge in [0.1, 0.15) is 5.83 Å². The Bertz CT molecular complexity index is 149. The van der Waals surface area contributed by atoms with Crippen LogP contribution in [-0.2, 0) is 0 Å². The molecule has 0 spiro atoms. The van der Waals surface area contributed by atoms with Crippen molar-refractivity contribution < 1.29 is 9.50 Å². The van der Waals surface area contributed by atoms with Gasteiger partial charge in [-0.15, -0.1) is 0 Å². The van der Waals surface area contributed by atoms with Gasteiger partial charge in [0.2, 0.25) is 0 Å². The topological polar surface area (TPSA) is 20.2 Å². The Kier molecular flexibility index (Phi) is 2.01. The second-order valence-corrected chi connectivity index (χ2v) is 2.13. The quantitative estimate of drug-likeness (QED) is 0.566. The summed E-state index contributed by atoms with van der Waals surface area (Å²) in [5, 5.41) is 8.57. The van der Waals surface area contributed by atoms with Crippen LogP contribution in [-0.4, -0.2) is 11.7 Å². The average molecular weight is 128 g/mol. The van der Waals surface area contributed by atoms with Gasteiger partial charge < -0.3 is 5.11 Å². The van der Waals surface area contributed by atoms with Crippen LogP contribution >= 0.6 is 0 Å². The Balaban J connectivity index is 2.48. The number of halogens is 1. The smallest absolute Gasteiger partial charge is 0.118 e. The third-order valence-corrected chi connectivity index (χ3v) is 1.38. The SMILES string of the molecule is OCC1C=CC(F)=CC1. The predicted molar refractivity (Wildman–Crippen MR) is 33.5 cm³/mol. The van der Waals surface area contributed by atoms with E-state index in [9.17, 15) is 4.39 Å². The van der Waals surface area contributed by atoms with E-state index in [4.69, 9.17) is 5.11 Å². The van der Waals surface area contributed by atoms with E-state index in [1.165, 1.54) is 12.2 Å². The van der Waals surface area contributed by atoms with E-state index in [2.05, 4.69) is 0 Å². The second kappa shape index (κ2) is 2.78. The van der Waals surface area contributed by atoms with Crippen molar-refractivity contribution in [3.63, 3.8) is 0 Å². The van der Waals surface area contributed by atoms with Crippen LogP contribution in [0, 0.1) is 5.92 Å². The monoisotopic (exact) mass is 128 g/mol. The molecule has 2 heteroatoms. The molecule has 0 aromatic carbocycles. The molecule has 1 aliphatic rings. The van der Waals surface area contributed by atoms with Crippen LogP contribution in [0.25, 0.3) is 0 Å². The molecule has 0 bridgehead atoms. The van der Waals surface area contributed by atoms with Crippen molar-refractivity contribution >= 4 is 0 Å². The average Bonchev–Trinajstić information content (AvgIpc) is 1.90. The van der Waals surface area contributed by atoms with E-state index in [0.717, 1.165) is 0 Å². The molecule has 1 rings (SSSR count). The molecule has 0 amide bonds. The largest absolute Gasteiger partial charge is 0.396 e. The van der Waals surface area contributed by atoms with Gasteiger partial charge in [0, 0.05) is 12.5 Å². The van der Waals surface area contributed by atoms with E-state index >= 15 is 0 Å². The molecule has 0 aromatic rings. The molecule has 0 fully saturated rings. The molecule has 50 valence electrons. The third-order valence-electron chi connectivity index (χ3n) is 1.38. The maximum atomic E-state index is 12.2. The highest BCUT2D eigenvalue weighted by Gasteiger charge is 2.05. The van der Waals surface area contributed by atoms with Gasteiger partial charge in [-0.1, -0.05) is 6.08 Å². The van der Waals surface area contributed by atoms with E-state index in [1.54, 1.807) is 6.08 Å². The Morgan fingerprint density at radius 2 is 2.56 bits per heavy atom. The summed E-state index contributed by atoms with van der Waals surface area (Å²) in [6, 6.07) is 0. The Labute approximate surface area is 53.5 Å². The standard InChI is InChI=1S/C7H9FO/c8-7-3-1-6(5-9)2-4-7/h1,3-4,6,9H,2,5H2. The molecular weight excluding hydrogens is 119 g/mol. The van der Waals surface area contributed by atoms with Crippen LogP contribution < -0.4 is 0 Å². The minimum atomic E-state index is -0.195. The molecule has 1 unspecified atom stereocenters. The fraction of sp³-hybridized carbons (Fsp3) is 0.429. The molecule has 1 aliphatic carbocycles. The Morgan fingerprint density at radius 1 is 1.78 bits per heavy atom. The normalized spacial score (nSPS) is 26.0. The highest BCUT2D eigenvalue weighted by atomic mass is 19.1. The summed E-state index contributed by atoms with van der Waals surface area (Å²) < 4.78 is 12.2. The summed E-state index contributed by atoms with van der Waals surface area (Å²) in [7, 11) is 0. The molecule has 9 heavy (non-hydrogen) atoms. The molecule has 0 saturated heterocycles. The van der Waals surface area contributed by atoms with Gasteiger partial charge in [-0.25, -0.2) is 4.39 Å². The van der Waals surface area contributed by atoms with Gasteiger partial charge in [0.15, 0.2) is 0 Å². The first-order valence-corrected chi connectivity index (χ1v) is 2.97. The summed E-state index contributed by atoms with van der Waals surface area (Å²) in [5.74, 6) is -0.0656. The Hall–Kier alpha value is -0.630. The van der Waals surface area contributed by atoms with Crippen molar-refractivity contribution in [3.8, 4) is 0 Å². The molecule has 1 atom stereocenters. The molecule has 0 radical (unpaired) electrons. The predicted octanol–water partition coefficient (Wildman–Crippen LogP) is 1.41. The van der Waals surface area contributed by atoms with Gasteiger partial charge in [-0.2, -0.15) is 0 Å². The van der Waals surface area contributed by atoms with Crippen molar-refractivity contribution in [2.75, 3.05) is 6.61 Å². The first-order chi connectivity index (χ1) is 4.33. The summed E-state index contributed by atoms with van der Waals surface area (Å²) in [5.41, 5.74) is 0.